The van der Waals surface area contributed by atoms with Crippen molar-refractivity contribution in [3.05, 3.63) is 64.4 Å². The zero-order valence-electron chi connectivity index (χ0n) is 15.3. The Bertz CT molecular complexity index is 791. The van der Waals surface area contributed by atoms with Crippen molar-refractivity contribution in [2.45, 2.75) is 25.4 Å². The van der Waals surface area contributed by atoms with Gasteiger partial charge in [-0.15, -0.1) is 0 Å². The van der Waals surface area contributed by atoms with Crippen LogP contribution in [0.15, 0.2) is 53.0 Å². The molecule has 27 heavy (non-hydrogen) atoms. The maximum Gasteiger partial charge on any atom is 0.348 e. The molecule has 0 radical (unpaired) electrons. The topological polar surface area (TPSA) is 64.6 Å². The lowest BCUT2D eigenvalue weighted by Crippen LogP contribution is -2.46. The highest BCUT2D eigenvalue weighted by molar-refractivity contribution is 9.10. The highest BCUT2D eigenvalue weighted by atomic mass is 79.9. The van der Waals surface area contributed by atoms with Gasteiger partial charge in [-0.2, -0.15) is 0 Å². The molecule has 2 aromatic rings. The maximum atomic E-state index is 13.0. The molecule has 0 aliphatic rings. The first-order valence-electron chi connectivity index (χ1n) is 8.28. The molecular weight excluding hydrogens is 417 g/mol. The molecule has 0 fully saturated rings. The molecule has 144 valence electrons. The van der Waals surface area contributed by atoms with E-state index in [1.165, 1.54) is 31.4 Å². The van der Waals surface area contributed by atoms with Gasteiger partial charge in [-0.3, -0.25) is 4.79 Å². The molecule has 1 amide bonds. The first-order chi connectivity index (χ1) is 12.7. The van der Waals surface area contributed by atoms with Crippen LogP contribution in [-0.4, -0.2) is 31.6 Å². The first-order valence-corrected chi connectivity index (χ1v) is 9.07. The minimum Gasteiger partial charge on any atom is -0.477 e. The second-order valence-electron chi connectivity index (χ2n) is 6.43. The number of nitrogens with one attached hydrogen (secondary N) is 1. The number of esters is 1. The van der Waals surface area contributed by atoms with Gasteiger partial charge in [0.2, 0.25) is 12.0 Å². The molecule has 0 saturated heterocycles. The van der Waals surface area contributed by atoms with Gasteiger partial charge in [-0.1, -0.05) is 28.1 Å². The predicted molar refractivity (Wildman–Crippen MR) is 103 cm³/mol. The molecule has 1 atom stereocenters. The predicted octanol–water partition coefficient (Wildman–Crippen LogP) is 3.60. The van der Waals surface area contributed by atoms with Gasteiger partial charge in [0.05, 0.1) is 19.1 Å². The number of rotatable bonds is 7. The fourth-order valence-corrected chi connectivity index (χ4v) is 2.65. The average Bonchev–Trinajstić information content (AvgIpc) is 2.66. The third-order valence-electron chi connectivity index (χ3n) is 4.14. The van der Waals surface area contributed by atoms with Crippen molar-refractivity contribution in [2.24, 2.45) is 0 Å². The Balaban J connectivity index is 2.06. The van der Waals surface area contributed by atoms with E-state index in [-0.39, 0.29) is 12.5 Å². The molecule has 2 aromatic carbocycles. The summed E-state index contributed by atoms with van der Waals surface area (Å²) in [6, 6.07) is 12.7. The highest BCUT2D eigenvalue weighted by Crippen LogP contribution is 2.25. The molecule has 0 heterocycles. The van der Waals surface area contributed by atoms with Gasteiger partial charge < -0.3 is 14.8 Å². The van der Waals surface area contributed by atoms with Gasteiger partial charge in [0, 0.05) is 4.47 Å². The second-order valence-corrected chi connectivity index (χ2v) is 7.34. The van der Waals surface area contributed by atoms with Crippen LogP contribution in [0.5, 0.6) is 5.75 Å². The van der Waals surface area contributed by atoms with Crippen LogP contribution in [0.3, 0.4) is 0 Å². The Morgan fingerprint density at radius 2 is 1.70 bits per heavy atom. The van der Waals surface area contributed by atoms with Crippen LogP contribution < -0.4 is 10.1 Å². The number of carbonyl (C=O) groups excluding carboxylic acids is 2. The van der Waals surface area contributed by atoms with Crippen LogP contribution in [0.4, 0.5) is 4.39 Å². The molecule has 1 unspecified atom stereocenters. The van der Waals surface area contributed by atoms with Crippen LogP contribution >= 0.6 is 15.9 Å². The molecule has 0 aromatic heterocycles. The largest absolute Gasteiger partial charge is 0.477 e. The van der Waals surface area contributed by atoms with E-state index in [1.54, 1.807) is 13.8 Å². The van der Waals surface area contributed by atoms with Crippen molar-refractivity contribution in [3.8, 4) is 5.75 Å². The minimum absolute atomic E-state index is 0.0805. The van der Waals surface area contributed by atoms with Crippen LogP contribution in [0.2, 0.25) is 0 Å². The first kappa shape index (κ1) is 20.9. The highest BCUT2D eigenvalue weighted by Gasteiger charge is 2.31. The Morgan fingerprint density at radius 3 is 2.26 bits per heavy atom. The van der Waals surface area contributed by atoms with Crippen LogP contribution in [0, 0.1) is 5.82 Å². The molecule has 7 heteroatoms. The minimum atomic E-state index is -1.05. The van der Waals surface area contributed by atoms with Gasteiger partial charge in [-0.05, 0) is 55.8 Å². The number of methoxy groups -OCH3 is 1. The fourth-order valence-electron chi connectivity index (χ4n) is 2.39. The number of carbonyl (C=O) groups is 2. The quantitative estimate of drug-likeness (QED) is 0.672. The standard InChI is InChI=1S/C20H21BrFNO4/c1-20(2,13-4-6-14(21)7-5-13)19(25)23-12-17(18(24)26-3)27-16-10-8-15(22)9-11-16/h4-11,17H,12H2,1-3H3,(H,23,25). The summed E-state index contributed by atoms with van der Waals surface area (Å²) in [6.45, 7) is 3.50. The van der Waals surface area contributed by atoms with Crippen molar-refractivity contribution in [1.29, 1.82) is 0 Å². The van der Waals surface area contributed by atoms with Crippen LogP contribution in [0.25, 0.3) is 0 Å². The Kier molecular flexibility index (Phi) is 6.96. The van der Waals surface area contributed by atoms with E-state index in [0.717, 1.165) is 10.0 Å². The van der Waals surface area contributed by atoms with Crippen molar-refractivity contribution >= 4 is 27.8 Å². The van der Waals surface area contributed by atoms with Crippen molar-refractivity contribution in [2.75, 3.05) is 13.7 Å². The van der Waals surface area contributed by atoms with E-state index in [2.05, 4.69) is 21.2 Å². The summed E-state index contributed by atoms with van der Waals surface area (Å²) in [5.41, 5.74) is 0.0225. The molecular formula is C20H21BrFNO4. The summed E-state index contributed by atoms with van der Waals surface area (Å²) >= 11 is 3.37. The van der Waals surface area contributed by atoms with Crippen molar-refractivity contribution in [1.82, 2.24) is 5.32 Å². The van der Waals surface area contributed by atoms with E-state index in [9.17, 15) is 14.0 Å². The Hall–Kier alpha value is -2.41. The third kappa shape index (κ3) is 5.53. The molecule has 0 bridgehead atoms. The van der Waals surface area contributed by atoms with E-state index in [0.29, 0.717) is 5.75 Å². The number of amides is 1. The molecule has 0 saturated carbocycles. The number of benzene rings is 2. The lowest BCUT2D eigenvalue weighted by atomic mass is 9.84. The Morgan fingerprint density at radius 1 is 1.11 bits per heavy atom. The van der Waals surface area contributed by atoms with Gasteiger partial charge >= 0.3 is 5.97 Å². The van der Waals surface area contributed by atoms with Crippen LogP contribution in [-0.2, 0) is 19.7 Å². The smallest absolute Gasteiger partial charge is 0.348 e. The number of hydrogen-bond acceptors (Lipinski definition) is 4. The summed E-state index contributed by atoms with van der Waals surface area (Å²) in [6.07, 6.45) is -1.05. The SMILES string of the molecule is COC(=O)C(CNC(=O)C(C)(C)c1ccc(Br)cc1)Oc1ccc(F)cc1. The summed E-state index contributed by atoms with van der Waals surface area (Å²) in [5, 5.41) is 2.73. The molecule has 5 nitrogen and oxygen atoms in total. The molecule has 0 spiro atoms. The van der Waals surface area contributed by atoms with E-state index < -0.39 is 23.3 Å². The number of ether oxygens (including phenoxy) is 2. The monoisotopic (exact) mass is 437 g/mol. The Labute approximate surface area is 166 Å². The number of hydrogen-bond donors (Lipinski definition) is 1. The summed E-state index contributed by atoms with van der Waals surface area (Å²) in [5.74, 6) is -1.02. The second kappa shape index (κ2) is 8.99. The lowest BCUT2D eigenvalue weighted by Gasteiger charge is -2.25. The zero-order chi connectivity index (χ0) is 20.0. The molecule has 1 N–H and O–H groups in total. The molecule has 0 aliphatic heterocycles. The lowest BCUT2D eigenvalue weighted by molar-refractivity contribution is -0.148. The third-order valence-corrected chi connectivity index (χ3v) is 4.67. The van der Waals surface area contributed by atoms with E-state index in [1.807, 2.05) is 24.3 Å². The fraction of sp³-hybridized carbons (Fsp3) is 0.300. The average molecular weight is 438 g/mol. The van der Waals surface area contributed by atoms with Crippen molar-refractivity contribution in [3.63, 3.8) is 0 Å². The van der Waals surface area contributed by atoms with Gasteiger partial charge in [-0.25, -0.2) is 9.18 Å². The van der Waals surface area contributed by atoms with Crippen molar-refractivity contribution < 1.29 is 23.5 Å². The van der Waals surface area contributed by atoms with Gasteiger partial charge in [0.25, 0.3) is 0 Å². The summed E-state index contributed by atoms with van der Waals surface area (Å²) < 4.78 is 24.2. The van der Waals surface area contributed by atoms with E-state index in [4.69, 9.17) is 9.47 Å². The maximum absolute atomic E-state index is 13.0. The normalized spacial score (nSPS) is 12.2. The summed E-state index contributed by atoms with van der Waals surface area (Å²) in [7, 11) is 1.23. The number of halogens is 2. The van der Waals surface area contributed by atoms with Gasteiger partial charge in [0.1, 0.15) is 11.6 Å². The van der Waals surface area contributed by atoms with Crippen LogP contribution in [0.1, 0.15) is 19.4 Å². The molecule has 2 rings (SSSR count). The van der Waals surface area contributed by atoms with E-state index >= 15 is 0 Å². The molecule has 0 aliphatic carbocycles. The van der Waals surface area contributed by atoms with Gasteiger partial charge in [0.15, 0.2) is 0 Å². The summed E-state index contributed by atoms with van der Waals surface area (Å²) in [4.78, 5) is 24.7. The zero-order valence-corrected chi connectivity index (χ0v) is 16.9.